The highest BCUT2D eigenvalue weighted by atomic mass is 31.2. The number of phosphoric ester groups is 1. The number of ether oxygens (including phenoxy) is 5. The lowest BCUT2D eigenvalue weighted by Crippen LogP contribution is -2.15. The minimum atomic E-state index is -4.35. The topological polar surface area (TPSA) is 133 Å². The number of nitrogens with zero attached hydrogens (tertiary/aromatic N) is 2. The molecular formula is C20H29N2O11P. The third-order valence-corrected chi connectivity index (χ3v) is 5.74. The molecule has 1 heterocycles. The number of carbonyl (C=O) groups is 2. The Hall–Kier alpha value is -2.83. The van der Waals surface area contributed by atoms with Crippen LogP contribution in [0.2, 0.25) is 0 Å². The lowest BCUT2D eigenvalue weighted by molar-refractivity contribution is -0.0371. The Bertz CT molecular complexity index is 982. The van der Waals surface area contributed by atoms with Crippen LogP contribution in [0.1, 0.15) is 5.56 Å². The second-order valence-electron chi connectivity index (χ2n) is 6.96. The van der Waals surface area contributed by atoms with E-state index >= 15 is 0 Å². The SMILES string of the molecule is COC(=O)OCOP(=O)(OCOC(=O)OC)OCn1cc(CCN(C)C)c2cc(OC)ccc21. The molecule has 0 saturated carbocycles. The fourth-order valence-corrected chi connectivity index (χ4v) is 3.62. The van der Waals surface area contributed by atoms with Crippen molar-refractivity contribution in [3.8, 4) is 5.75 Å². The molecule has 0 unspecified atom stereocenters. The minimum absolute atomic E-state index is 0.251. The van der Waals surface area contributed by atoms with Crippen molar-refractivity contribution < 1.29 is 51.4 Å². The monoisotopic (exact) mass is 504 g/mol. The molecule has 0 bridgehead atoms. The van der Waals surface area contributed by atoms with Crippen LogP contribution in [0, 0.1) is 0 Å². The van der Waals surface area contributed by atoms with Crippen LogP contribution in [0.5, 0.6) is 5.75 Å². The fraction of sp³-hybridized carbons (Fsp3) is 0.500. The van der Waals surface area contributed by atoms with Gasteiger partial charge in [0.15, 0.2) is 0 Å². The van der Waals surface area contributed by atoms with Gasteiger partial charge in [0.25, 0.3) is 0 Å². The van der Waals surface area contributed by atoms with Gasteiger partial charge in [-0.15, -0.1) is 0 Å². The molecular weight excluding hydrogens is 475 g/mol. The van der Waals surface area contributed by atoms with Gasteiger partial charge in [0, 0.05) is 18.1 Å². The zero-order valence-corrected chi connectivity index (χ0v) is 20.6. The molecule has 2 rings (SSSR count). The van der Waals surface area contributed by atoms with Crippen LogP contribution in [0.15, 0.2) is 24.4 Å². The number of likely N-dealkylation sites (N-methyl/N-ethyl adjacent to an activating group) is 1. The van der Waals surface area contributed by atoms with E-state index in [9.17, 15) is 14.2 Å². The maximum Gasteiger partial charge on any atom is 0.510 e. The number of hydrogen-bond acceptors (Lipinski definition) is 12. The van der Waals surface area contributed by atoms with Crippen LogP contribution in [0.3, 0.4) is 0 Å². The molecule has 190 valence electrons. The number of carbonyl (C=O) groups excluding carboxylic acids is 2. The minimum Gasteiger partial charge on any atom is -0.497 e. The zero-order valence-electron chi connectivity index (χ0n) is 19.7. The Morgan fingerprint density at radius 1 is 0.971 bits per heavy atom. The van der Waals surface area contributed by atoms with Crippen LogP contribution in [-0.4, -0.2) is 77.3 Å². The third-order valence-electron chi connectivity index (χ3n) is 4.46. The van der Waals surface area contributed by atoms with Gasteiger partial charge in [-0.05, 0) is 44.3 Å². The quantitative estimate of drug-likeness (QED) is 0.225. The van der Waals surface area contributed by atoms with E-state index in [1.807, 2.05) is 32.4 Å². The highest BCUT2D eigenvalue weighted by Gasteiger charge is 2.29. The van der Waals surface area contributed by atoms with Gasteiger partial charge in [-0.3, -0.25) is 4.52 Å². The van der Waals surface area contributed by atoms with Crippen LogP contribution in [0.4, 0.5) is 9.59 Å². The van der Waals surface area contributed by atoms with Crippen molar-refractivity contribution in [3.63, 3.8) is 0 Å². The molecule has 34 heavy (non-hydrogen) atoms. The van der Waals surface area contributed by atoms with Crippen LogP contribution in [0.25, 0.3) is 10.9 Å². The van der Waals surface area contributed by atoms with Crippen molar-refractivity contribution >= 4 is 31.0 Å². The summed E-state index contributed by atoms with van der Waals surface area (Å²) in [6.07, 6.45) is 0.476. The molecule has 0 saturated heterocycles. The van der Waals surface area contributed by atoms with Crippen molar-refractivity contribution in [1.29, 1.82) is 0 Å². The van der Waals surface area contributed by atoms with Gasteiger partial charge >= 0.3 is 20.1 Å². The van der Waals surface area contributed by atoms with Gasteiger partial charge in [-0.1, -0.05) is 0 Å². The lowest BCUT2D eigenvalue weighted by Gasteiger charge is -2.18. The molecule has 0 fully saturated rings. The van der Waals surface area contributed by atoms with Crippen LogP contribution in [-0.2, 0) is 50.2 Å². The number of benzene rings is 1. The number of fused-ring (bicyclic) bond motifs is 1. The summed E-state index contributed by atoms with van der Waals surface area (Å²) in [5.41, 5.74) is 1.81. The van der Waals surface area contributed by atoms with E-state index in [-0.39, 0.29) is 6.73 Å². The predicted molar refractivity (Wildman–Crippen MR) is 118 cm³/mol. The summed E-state index contributed by atoms with van der Waals surface area (Å²) in [6.45, 7) is -1.03. The molecule has 14 heteroatoms. The van der Waals surface area contributed by atoms with E-state index in [1.165, 1.54) is 0 Å². The molecule has 0 amide bonds. The Kier molecular flexibility index (Phi) is 10.6. The number of rotatable bonds is 13. The van der Waals surface area contributed by atoms with Gasteiger partial charge in [-0.2, -0.15) is 0 Å². The van der Waals surface area contributed by atoms with Crippen molar-refractivity contribution in [2.24, 2.45) is 0 Å². The smallest absolute Gasteiger partial charge is 0.497 e. The zero-order chi connectivity index (χ0) is 25.1. The van der Waals surface area contributed by atoms with Crippen molar-refractivity contribution in [2.75, 3.05) is 55.6 Å². The number of phosphoric acid groups is 1. The molecule has 0 aliphatic carbocycles. The number of methoxy groups -OCH3 is 3. The Morgan fingerprint density at radius 3 is 2.12 bits per heavy atom. The van der Waals surface area contributed by atoms with Crippen LogP contribution >= 0.6 is 7.82 Å². The summed E-state index contributed by atoms with van der Waals surface area (Å²) in [4.78, 5) is 24.3. The summed E-state index contributed by atoms with van der Waals surface area (Å²) in [7, 11) is 3.37. The van der Waals surface area contributed by atoms with E-state index in [4.69, 9.17) is 18.3 Å². The van der Waals surface area contributed by atoms with Gasteiger partial charge in [0.05, 0.1) is 26.8 Å². The molecule has 1 aromatic heterocycles. The summed E-state index contributed by atoms with van der Waals surface area (Å²) in [6, 6.07) is 5.53. The highest BCUT2D eigenvalue weighted by molar-refractivity contribution is 7.48. The first kappa shape index (κ1) is 27.4. The van der Waals surface area contributed by atoms with Crippen molar-refractivity contribution in [2.45, 2.75) is 13.2 Å². The number of hydrogen-bond donors (Lipinski definition) is 0. The second-order valence-corrected chi connectivity index (χ2v) is 8.63. The molecule has 0 aliphatic heterocycles. The Balaban J connectivity index is 2.20. The third kappa shape index (κ3) is 8.19. The molecule has 0 atom stereocenters. The standard InChI is InChI=1S/C20H29N2O11P/c1-21(2)9-8-15-11-22(18-7-6-16(26-3)10-17(15)18)12-31-34(25,32-13-29-19(23)27-4)33-14-30-20(24)28-5/h6-7,10-11H,8-9,12-14H2,1-5H3. The molecule has 0 N–H and O–H groups in total. The average Bonchev–Trinajstić information content (AvgIpc) is 3.18. The first-order valence-corrected chi connectivity index (χ1v) is 11.4. The van der Waals surface area contributed by atoms with E-state index < -0.39 is 33.7 Å². The van der Waals surface area contributed by atoms with Gasteiger partial charge in [-0.25, -0.2) is 23.2 Å². The van der Waals surface area contributed by atoms with Crippen LogP contribution < -0.4 is 4.74 Å². The highest BCUT2D eigenvalue weighted by Crippen LogP contribution is 2.50. The Morgan fingerprint density at radius 2 is 1.59 bits per heavy atom. The molecule has 0 radical (unpaired) electrons. The normalized spacial score (nSPS) is 11.5. The lowest BCUT2D eigenvalue weighted by atomic mass is 10.1. The van der Waals surface area contributed by atoms with Gasteiger partial charge < -0.3 is 33.2 Å². The van der Waals surface area contributed by atoms with Crippen molar-refractivity contribution in [1.82, 2.24) is 9.47 Å². The van der Waals surface area contributed by atoms with Gasteiger partial charge in [0.2, 0.25) is 13.6 Å². The number of aromatic nitrogens is 1. The molecule has 13 nitrogen and oxygen atoms in total. The summed E-state index contributed by atoms with van der Waals surface area (Å²) in [5.74, 6) is 0.689. The molecule has 0 spiro atoms. The van der Waals surface area contributed by atoms with E-state index in [2.05, 4.69) is 23.8 Å². The second kappa shape index (κ2) is 13.2. The predicted octanol–water partition coefficient (Wildman–Crippen LogP) is 3.35. The largest absolute Gasteiger partial charge is 0.510 e. The Labute approximate surface area is 196 Å². The first-order chi connectivity index (χ1) is 16.2. The molecule has 1 aromatic carbocycles. The van der Waals surface area contributed by atoms with Gasteiger partial charge in [0.1, 0.15) is 12.5 Å². The molecule has 0 aliphatic rings. The summed E-state index contributed by atoms with van der Waals surface area (Å²) in [5, 5.41) is 0.935. The van der Waals surface area contributed by atoms with E-state index in [0.29, 0.717) is 5.75 Å². The molecule has 2 aromatic rings. The van der Waals surface area contributed by atoms with Crippen molar-refractivity contribution in [3.05, 3.63) is 30.0 Å². The summed E-state index contributed by atoms with van der Waals surface area (Å²) < 4.78 is 53.2. The maximum absolute atomic E-state index is 13.0. The fourth-order valence-electron chi connectivity index (χ4n) is 2.77. The maximum atomic E-state index is 13.0. The first-order valence-electron chi connectivity index (χ1n) is 9.97. The van der Waals surface area contributed by atoms with E-state index in [1.54, 1.807) is 17.7 Å². The summed E-state index contributed by atoms with van der Waals surface area (Å²) >= 11 is 0. The van der Waals surface area contributed by atoms with E-state index in [0.717, 1.165) is 43.7 Å². The average molecular weight is 504 g/mol.